The number of hydrogen-bond acceptors (Lipinski definition) is 5. The van der Waals surface area contributed by atoms with Crippen LogP contribution >= 0.6 is 7.82 Å². The van der Waals surface area contributed by atoms with E-state index in [0.29, 0.717) is 6.42 Å². The van der Waals surface area contributed by atoms with E-state index < -0.39 is 7.82 Å². The molecule has 0 aromatic rings. The van der Waals surface area contributed by atoms with Crippen LogP contribution in [0.15, 0.2) is 0 Å². The molecule has 0 unspecified atom stereocenters. The summed E-state index contributed by atoms with van der Waals surface area (Å²) in [6.07, 6.45) is 11.7. The molecular weight excluding hydrogens is 349 g/mol. The number of phosphoric ester groups is 1. The van der Waals surface area contributed by atoms with Gasteiger partial charge in [-0.25, -0.2) is 0 Å². The minimum absolute atomic E-state index is 0. The molecule has 0 aromatic heterocycles. The van der Waals surface area contributed by atoms with E-state index in [-0.39, 0.29) is 65.7 Å². The zero-order chi connectivity index (χ0) is 17.1. The topological polar surface area (TPSA) is 81.7 Å². The molecule has 0 atom stereocenters. The van der Waals surface area contributed by atoms with E-state index in [0.717, 1.165) is 26.1 Å². The fraction of sp³-hybridized carbons (Fsp3) is 1.00. The summed E-state index contributed by atoms with van der Waals surface area (Å²) in [7, 11) is -4.74. The summed E-state index contributed by atoms with van der Waals surface area (Å²) in [5, 5.41) is 0. The van der Waals surface area contributed by atoms with E-state index in [1.807, 2.05) is 13.8 Å². The summed E-state index contributed by atoms with van der Waals surface area (Å²) < 4.78 is 19.1. The van der Waals surface area contributed by atoms with Crippen LogP contribution in [0.1, 0.15) is 85.0 Å². The molecule has 0 N–H and O–H groups in total. The van der Waals surface area contributed by atoms with Gasteiger partial charge in [-0.15, -0.1) is 0 Å². The van der Waals surface area contributed by atoms with Gasteiger partial charge < -0.3 is 23.6 Å². The molecule has 0 aliphatic heterocycles. The summed E-state index contributed by atoms with van der Waals surface area (Å²) in [6, 6.07) is 0. The van der Waals surface area contributed by atoms with Crippen molar-refractivity contribution >= 4 is 7.82 Å². The van der Waals surface area contributed by atoms with Gasteiger partial charge in [0.25, 0.3) is 0 Å². The molecule has 0 bridgehead atoms. The van der Waals surface area contributed by atoms with Crippen molar-refractivity contribution in [2.24, 2.45) is 0 Å². The van der Waals surface area contributed by atoms with Crippen LogP contribution in [0, 0.1) is 0 Å². The van der Waals surface area contributed by atoms with Crippen LogP contribution in [-0.2, 0) is 13.8 Å². The molecule has 0 rings (SSSR count). The van der Waals surface area contributed by atoms with Gasteiger partial charge >= 0.3 is 59.1 Å². The number of phosphoric acid groups is 1. The maximum absolute atomic E-state index is 10.1. The van der Waals surface area contributed by atoms with Gasteiger partial charge in [-0.05, 0) is 20.3 Å². The summed E-state index contributed by atoms with van der Waals surface area (Å²) in [5.74, 6) is 0. The normalized spacial score (nSPS) is 10.2. The van der Waals surface area contributed by atoms with Crippen LogP contribution in [-0.4, -0.2) is 19.8 Å². The van der Waals surface area contributed by atoms with Crippen molar-refractivity contribution in [3.8, 4) is 0 Å². The quantitative estimate of drug-likeness (QED) is 0.193. The van der Waals surface area contributed by atoms with E-state index in [1.54, 1.807) is 0 Å². The first-order chi connectivity index (χ1) is 10.5. The van der Waals surface area contributed by atoms with Crippen LogP contribution in [0.2, 0.25) is 0 Å². The van der Waals surface area contributed by atoms with Crippen molar-refractivity contribution in [1.82, 2.24) is 0 Å². The maximum Gasteiger partial charge on any atom is 1.00 e. The van der Waals surface area contributed by atoms with E-state index in [1.165, 1.54) is 44.9 Å². The van der Waals surface area contributed by atoms with Crippen LogP contribution in [0.4, 0.5) is 0 Å². The smallest absolute Gasteiger partial charge is 0.790 e. The Morgan fingerprint density at radius 2 is 1.08 bits per heavy atom. The molecule has 0 fully saturated rings. The van der Waals surface area contributed by atoms with E-state index in [4.69, 9.17) is 4.74 Å². The van der Waals surface area contributed by atoms with Gasteiger partial charge in [0, 0.05) is 13.2 Å². The minimum Gasteiger partial charge on any atom is -0.790 e. The van der Waals surface area contributed by atoms with Crippen molar-refractivity contribution in [2.75, 3.05) is 19.8 Å². The zero-order valence-electron chi connectivity index (χ0n) is 16.7. The average molecular weight is 384 g/mol. The van der Waals surface area contributed by atoms with Crippen LogP contribution in [0.25, 0.3) is 0 Å². The zero-order valence-corrected chi connectivity index (χ0v) is 21.6. The molecule has 0 aliphatic carbocycles. The maximum atomic E-state index is 10.1. The Kier molecular flexibility index (Phi) is 38.3. The van der Waals surface area contributed by atoms with Gasteiger partial charge in [0.2, 0.25) is 0 Å². The summed E-state index contributed by atoms with van der Waals surface area (Å²) in [4.78, 5) is 20.3. The summed E-state index contributed by atoms with van der Waals surface area (Å²) in [5.41, 5.74) is 0. The number of rotatable bonds is 14. The Bertz CT molecular complexity index is 251. The molecule has 8 heteroatoms. The van der Waals surface area contributed by atoms with E-state index in [2.05, 4.69) is 11.4 Å². The van der Waals surface area contributed by atoms with Crippen LogP contribution in [0.3, 0.4) is 0 Å². The Labute approximate surface area is 193 Å². The molecule has 0 aromatic carbocycles. The van der Waals surface area contributed by atoms with Crippen molar-refractivity contribution < 1.29 is 82.7 Å². The first kappa shape index (κ1) is 33.6. The van der Waals surface area contributed by atoms with Gasteiger partial charge in [-0.1, -0.05) is 64.7 Å². The molecule has 0 amide bonds. The summed E-state index contributed by atoms with van der Waals surface area (Å²) >= 11 is 0. The van der Waals surface area contributed by atoms with Gasteiger partial charge in [0.05, 0.1) is 14.4 Å². The second-order valence-electron chi connectivity index (χ2n) is 5.24. The largest absolute Gasteiger partial charge is 1.00 e. The standard InChI is InChI=1S/C12H27O4P.C4H10O.2Na/c1-2-3-4-5-6-7-8-9-10-11-12-16-17(13,14)15;1-3-5-4-2;;/h2-12H2,1H3,(H2,13,14,15);3-4H2,1-2H3;;/q;;2*+1/p-2. The molecule has 0 saturated carbocycles. The number of hydrogen-bond donors (Lipinski definition) is 0. The molecule has 0 heterocycles. The SMILES string of the molecule is CCCCCCCCCCCCOP(=O)([O-])[O-].CCOCC.[Na+].[Na+]. The summed E-state index contributed by atoms with van der Waals surface area (Å²) in [6.45, 7) is 7.92. The van der Waals surface area contributed by atoms with Gasteiger partial charge in [0.1, 0.15) is 0 Å². The minimum atomic E-state index is -4.74. The first-order valence-corrected chi connectivity index (χ1v) is 10.2. The molecule has 136 valence electrons. The number of ether oxygens (including phenoxy) is 1. The van der Waals surface area contributed by atoms with Crippen molar-refractivity contribution in [3.63, 3.8) is 0 Å². The molecule has 0 aliphatic rings. The van der Waals surface area contributed by atoms with E-state index >= 15 is 0 Å². The van der Waals surface area contributed by atoms with Crippen LogP contribution < -0.4 is 68.9 Å². The molecule has 0 radical (unpaired) electrons. The van der Waals surface area contributed by atoms with Crippen molar-refractivity contribution in [1.29, 1.82) is 0 Å². The predicted molar refractivity (Wildman–Crippen MR) is 87.6 cm³/mol. The predicted octanol–water partition coefficient (Wildman–Crippen LogP) is -2.20. The third kappa shape index (κ3) is 39.2. The first-order valence-electron chi connectivity index (χ1n) is 8.72. The molecular formula is C16H35Na2O5P. The third-order valence-electron chi connectivity index (χ3n) is 3.16. The number of unbranched alkanes of at least 4 members (excludes halogenated alkanes) is 9. The average Bonchev–Trinajstić information content (AvgIpc) is 2.45. The second-order valence-corrected chi connectivity index (χ2v) is 6.40. The van der Waals surface area contributed by atoms with Crippen molar-refractivity contribution in [2.45, 2.75) is 85.0 Å². The fourth-order valence-electron chi connectivity index (χ4n) is 1.97. The van der Waals surface area contributed by atoms with Crippen molar-refractivity contribution in [3.05, 3.63) is 0 Å². The van der Waals surface area contributed by atoms with Gasteiger partial charge in [-0.3, -0.25) is 0 Å². The fourth-order valence-corrected chi connectivity index (χ4v) is 2.32. The Morgan fingerprint density at radius 1 is 0.708 bits per heavy atom. The van der Waals surface area contributed by atoms with E-state index in [9.17, 15) is 14.4 Å². The second kappa shape index (κ2) is 27.3. The van der Waals surface area contributed by atoms with Gasteiger partial charge in [0.15, 0.2) is 0 Å². The molecule has 0 saturated heterocycles. The Balaban J connectivity index is -0.000000250. The van der Waals surface area contributed by atoms with Crippen LogP contribution in [0.5, 0.6) is 0 Å². The molecule has 5 nitrogen and oxygen atoms in total. The monoisotopic (exact) mass is 384 g/mol. The molecule has 0 spiro atoms. The Morgan fingerprint density at radius 3 is 1.38 bits per heavy atom. The third-order valence-corrected chi connectivity index (χ3v) is 3.65. The van der Waals surface area contributed by atoms with Gasteiger partial charge in [-0.2, -0.15) is 0 Å². The molecule has 24 heavy (non-hydrogen) atoms. The Hall–Kier alpha value is 2.07.